The van der Waals surface area contributed by atoms with Crippen molar-refractivity contribution in [2.24, 2.45) is 0 Å². The molecule has 0 fully saturated rings. The van der Waals surface area contributed by atoms with Gasteiger partial charge < -0.3 is 9.47 Å². The highest BCUT2D eigenvalue weighted by molar-refractivity contribution is 7.93. The van der Waals surface area contributed by atoms with Gasteiger partial charge in [0.2, 0.25) is 5.78 Å². The van der Waals surface area contributed by atoms with Gasteiger partial charge in [-0.1, -0.05) is 17.7 Å². The van der Waals surface area contributed by atoms with Crippen molar-refractivity contribution in [1.82, 2.24) is 0 Å². The lowest BCUT2D eigenvalue weighted by molar-refractivity contribution is -0.149. The zero-order valence-electron chi connectivity index (χ0n) is 15.3. The molecule has 142 valence electrons. The summed E-state index contributed by atoms with van der Waals surface area (Å²) in [5, 5.41) is 0. The van der Waals surface area contributed by atoms with E-state index in [1.54, 1.807) is 18.2 Å². The zero-order chi connectivity index (χ0) is 20.0. The summed E-state index contributed by atoms with van der Waals surface area (Å²) in [7, 11) is -2.74. The number of anilines is 1. The van der Waals surface area contributed by atoms with Crippen LogP contribution in [0.1, 0.15) is 29.8 Å². The Morgan fingerprint density at radius 1 is 1.11 bits per heavy atom. The summed E-state index contributed by atoms with van der Waals surface area (Å²) >= 11 is 0. The molecule has 3 rings (SSSR count). The van der Waals surface area contributed by atoms with Crippen molar-refractivity contribution in [3.63, 3.8) is 0 Å². The van der Waals surface area contributed by atoms with Gasteiger partial charge in [0.15, 0.2) is 0 Å². The fourth-order valence-corrected chi connectivity index (χ4v) is 4.80. The van der Waals surface area contributed by atoms with E-state index in [9.17, 15) is 18.0 Å². The monoisotopic (exact) mass is 389 g/mol. The molecule has 1 atom stereocenters. The number of carbonyl (C=O) groups is 2. The number of hydrogen-bond acceptors (Lipinski definition) is 6. The van der Waals surface area contributed by atoms with Gasteiger partial charge in [0, 0.05) is 13.8 Å². The van der Waals surface area contributed by atoms with Crippen LogP contribution in [0.2, 0.25) is 0 Å². The van der Waals surface area contributed by atoms with E-state index in [0.29, 0.717) is 5.75 Å². The first kappa shape index (κ1) is 18.9. The smallest absolute Gasteiger partial charge is 0.305 e. The topological polar surface area (TPSA) is 90.0 Å². The molecule has 0 saturated heterocycles. The summed E-state index contributed by atoms with van der Waals surface area (Å²) in [5.41, 5.74) is -0.900. The molecule has 1 aliphatic rings. The third-order valence-corrected chi connectivity index (χ3v) is 6.27. The Bertz CT molecular complexity index is 1030. The van der Waals surface area contributed by atoms with Crippen LogP contribution in [0.4, 0.5) is 5.69 Å². The number of methoxy groups -OCH3 is 1. The molecule has 0 spiro atoms. The molecule has 0 amide bonds. The van der Waals surface area contributed by atoms with Crippen molar-refractivity contribution in [3.8, 4) is 5.75 Å². The van der Waals surface area contributed by atoms with Crippen LogP contribution in [0, 0.1) is 6.92 Å². The summed E-state index contributed by atoms with van der Waals surface area (Å²) in [4.78, 5) is 24.7. The van der Waals surface area contributed by atoms with Crippen molar-refractivity contribution in [2.75, 3.05) is 11.4 Å². The molecular weight excluding hydrogens is 370 g/mol. The number of esters is 1. The van der Waals surface area contributed by atoms with Gasteiger partial charge in [0.25, 0.3) is 15.7 Å². The van der Waals surface area contributed by atoms with Crippen LogP contribution in [0.25, 0.3) is 0 Å². The summed E-state index contributed by atoms with van der Waals surface area (Å²) in [6.07, 6.45) is 0. The molecule has 1 aliphatic heterocycles. The Morgan fingerprint density at radius 3 is 2.30 bits per heavy atom. The average Bonchev–Trinajstić information content (AvgIpc) is 2.82. The van der Waals surface area contributed by atoms with E-state index in [1.807, 2.05) is 6.92 Å². The average molecular weight is 389 g/mol. The number of rotatable bonds is 4. The SMILES string of the molecule is COc1ccc2c(c1)C(=O)C(C)(OC(C)=O)N2S(=O)(=O)c1ccc(C)cc1. The molecule has 0 bridgehead atoms. The normalized spacial score (nSPS) is 19.0. The number of ketones is 1. The van der Waals surface area contributed by atoms with Crippen LogP contribution in [0.5, 0.6) is 5.75 Å². The lowest BCUT2D eigenvalue weighted by atomic mass is 10.1. The minimum absolute atomic E-state index is 0.0112. The number of fused-ring (bicyclic) bond motifs is 1. The van der Waals surface area contributed by atoms with E-state index in [1.165, 1.54) is 38.3 Å². The highest BCUT2D eigenvalue weighted by Crippen LogP contribution is 2.44. The first-order valence-electron chi connectivity index (χ1n) is 8.16. The minimum atomic E-state index is -4.18. The first-order valence-corrected chi connectivity index (χ1v) is 9.60. The maximum atomic E-state index is 13.4. The second kappa shape index (κ2) is 6.38. The van der Waals surface area contributed by atoms with E-state index in [4.69, 9.17) is 9.47 Å². The number of carbonyl (C=O) groups excluding carboxylic acids is 2. The molecule has 0 saturated carbocycles. The largest absolute Gasteiger partial charge is 0.497 e. The second-order valence-corrected chi connectivity index (χ2v) is 8.16. The molecule has 27 heavy (non-hydrogen) atoms. The van der Waals surface area contributed by atoms with E-state index in [0.717, 1.165) is 16.8 Å². The van der Waals surface area contributed by atoms with Gasteiger partial charge in [-0.25, -0.2) is 12.7 Å². The van der Waals surface area contributed by atoms with Crippen molar-refractivity contribution < 1.29 is 27.5 Å². The van der Waals surface area contributed by atoms with E-state index in [2.05, 4.69) is 0 Å². The van der Waals surface area contributed by atoms with Crippen LogP contribution >= 0.6 is 0 Å². The molecule has 1 unspecified atom stereocenters. The molecule has 8 heteroatoms. The number of sulfonamides is 1. The lowest BCUT2D eigenvalue weighted by Crippen LogP contribution is -2.53. The third kappa shape index (κ3) is 2.95. The van der Waals surface area contributed by atoms with Crippen molar-refractivity contribution in [2.45, 2.75) is 31.4 Å². The second-order valence-electron chi connectivity index (χ2n) is 6.37. The number of hydrogen-bond donors (Lipinski definition) is 0. The first-order chi connectivity index (χ1) is 12.6. The molecule has 0 radical (unpaired) electrons. The molecule has 7 nitrogen and oxygen atoms in total. The lowest BCUT2D eigenvalue weighted by Gasteiger charge is -2.33. The predicted molar refractivity (Wildman–Crippen MR) is 98.3 cm³/mol. The van der Waals surface area contributed by atoms with E-state index in [-0.39, 0.29) is 16.1 Å². The van der Waals surface area contributed by atoms with Crippen LogP contribution in [0.3, 0.4) is 0 Å². The summed E-state index contributed by atoms with van der Waals surface area (Å²) in [5.74, 6) is -1.01. The van der Waals surface area contributed by atoms with Crippen molar-refractivity contribution >= 4 is 27.5 Å². The zero-order valence-corrected chi connectivity index (χ0v) is 16.2. The van der Waals surface area contributed by atoms with Gasteiger partial charge in [-0.2, -0.15) is 0 Å². The Kier molecular flexibility index (Phi) is 4.47. The highest BCUT2D eigenvalue weighted by Gasteiger charge is 2.56. The highest BCUT2D eigenvalue weighted by atomic mass is 32.2. The number of Topliss-reactive ketones (excluding diaryl/α,β-unsaturated/α-hetero) is 1. The number of benzene rings is 2. The van der Waals surface area contributed by atoms with Gasteiger partial charge in [-0.3, -0.25) is 9.59 Å². The van der Waals surface area contributed by atoms with Crippen LogP contribution in [-0.4, -0.2) is 33.0 Å². The minimum Gasteiger partial charge on any atom is -0.497 e. The summed E-state index contributed by atoms with van der Waals surface area (Å²) in [6, 6.07) is 10.7. The molecule has 2 aromatic rings. The molecule has 1 heterocycles. The van der Waals surface area contributed by atoms with Gasteiger partial charge in [0.1, 0.15) is 5.75 Å². The van der Waals surface area contributed by atoms with Crippen LogP contribution in [0.15, 0.2) is 47.4 Å². The van der Waals surface area contributed by atoms with Crippen LogP contribution < -0.4 is 9.04 Å². The molecule has 0 aliphatic carbocycles. The van der Waals surface area contributed by atoms with Gasteiger partial charge in [0.05, 0.1) is 23.3 Å². The van der Waals surface area contributed by atoms with Crippen molar-refractivity contribution in [3.05, 3.63) is 53.6 Å². The number of aryl methyl sites for hydroxylation is 1. The standard InChI is InChI=1S/C19H19NO6S/c1-12-5-8-15(9-6-12)27(23,24)20-17-10-7-14(25-4)11-16(17)18(22)19(20,3)26-13(2)21/h5-11H,1-4H3. The van der Waals surface area contributed by atoms with Gasteiger partial charge >= 0.3 is 5.97 Å². The third-order valence-electron chi connectivity index (χ3n) is 4.38. The van der Waals surface area contributed by atoms with Crippen molar-refractivity contribution in [1.29, 1.82) is 0 Å². The quantitative estimate of drug-likeness (QED) is 0.747. The maximum absolute atomic E-state index is 13.4. The summed E-state index contributed by atoms with van der Waals surface area (Å²) < 4.78 is 37.9. The molecule has 2 aromatic carbocycles. The Labute approximate surface area is 157 Å². The molecule has 0 N–H and O–H groups in total. The molecule has 0 aromatic heterocycles. The van der Waals surface area contributed by atoms with Crippen LogP contribution in [-0.2, 0) is 19.6 Å². The number of nitrogens with zero attached hydrogens (tertiary/aromatic N) is 1. The predicted octanol–water partition coefficient (Wildman–Crippen LogP) is 2.67. The Balaban J connectivity index is 2.25. The summed E-state index contributed by atoms with van der Waals surface area (Å²) in [6.45, 7) is 4.23. The number of ether oxygens (including phenoxy) is 2. The Hall–Kier alpha value is -2.87. The van der Waals surface area contributed by atoms with E-state index >= 15 is 0 Å². The van der Waals surface area contributed by atoms with Gasteiger partial charge in [-0.05, 0) is 37.3 Å². The van der Waals surface area contributed by atoms with Gasteiger partial charge in [-0.15, -0.1) is 0 Å². The Morgan fingerprint density at radius 2 is 1.74 bits per heavy atom. The maximum Gasteiger partial charge on any atom is 0.305 e. The molecular formula is C19H19NO6S. The fourth-order valence-electron chi connectivity index (χ4n) is 3.12. The van der Waals surface area contributed by atoms with E-state index < -0.39 is 27.5 Å². The fraction of sp³-hybridized carbons (Fsp3) is 0.263.